The molecule has 3 unspecified atom stereocenters. The highest BCUT2D eigenvalue weighted by Gasteiger charge is 2.35. The van der Waals surface area contributed by atoms with Gasteiger partial charge in [-0.3, -0.25) is 5.32 Å². The summed E-state index contributed by atoms with van der Waals surface area (Å²) in [5, 5.41) is 6.71. The maximum atomic E-state index is 4.11. The summed E-state index contributed by atoms with van der Waals surface area (Å²) in [6, 6.07) is 40.7. The molecule has 2 aliphatic heterocycles. The van der Waals surface area contributed by atoms with Crippen LogP contribution in [0, 0.1) is 5.92 Å². The fourth-order valence-electron chi connectivity index (χ4n) is 8.27. The predicted octanol–water partition coefficient (Wildman–Crippen LogP) is 10.8. The van der Waals surface area contributed by atoms with E-state index in [1.807, 2.05) is 11.8 Å². The van der Waals surface area contributed by atoms with E-state index in [9.17, 15) is 0 Å². The van der Waals surface area contributed by atoms with Gasteiger partial charge in [-0.2, -0.15) is 0 Å². The highest BCUT2D eigenvalue weighted by Crippen LogP contribution is 2.52. The van der Waals surface area contributed by atoms with Gasteiger partial charge < -0.3 is 4.57 Å². The highest BCUT2D eigenvalue weighted by molar-refractivity contribution is 7.99. The van der Waals surface area contributed by atoms with Crippen LogP contribution >= 0.6 is 11.8 Å². The molecule has 10 rings (SSSR count). The monoisotopic (exact) mass is 608 g/mol. The van der Waals surface area contributed by atoms with Crippen molar-refractivity contribution in [3.05, 3.63) is 162 Å². The van der Waals surface area contributed by atoms with E-state index < -0.39 is 0 Å². The minimum atomic E-state index is -0.0226. The maximum absolute atomic E-state index is 4.11. The molecule has 2 aliphatic carbocycles. The van der Waals surface area contributed by atoms with Crippen LogP contribution in [0.2, 0.25) is 0 Å². The van der Waals surface area contributed by atoms with E-state index in [-0.39, 0.29) is 18.1 Å². The second-order valence-corrected chi connectivity index (χ2v) is 13.8. The van der Waals surface area contributed by atoms with Crippen LogP contribution in [0.3, 0.4) is 0 Å². The van der Waals surface area contributed by atoms with Crippen LogP contribution in [0.15, 0.2) is 161 Å². The first kappa shape index (κ1) is 26.4. The predicted molar refractivity (Wildman–Crippen MR) is 193 cm³/mol. The lowest BCUT2D eigenvalue weighted by Crippen LogP contribution is -2.43. The number of hydrogen-bond donors (Lipinski definition) is 1. The SMILES string of the molecule is C1=CC2NC(n3c4ccccc4c4ccc5c(c43)Sc3ccccc3-c3ccccc3-5)C=C(C3=CCCc4ccccc43)C2C=C1. The van der Waals surface area contributed by atoms with Gasteiger partial charge in [-0.15, -0.1) is 0 Å². The standard InChI is InChI=1S/C43H32N2S/c1-2-14-28-27(12-1)13-11-20-29(28)37-26-41(44-38-21-8-5-17-32(37)38)45-39-22-9-6-18-33(39)35-24-25-36-31-16-4-3-15-30(31)34-19-7-10-23-40(34)46-43(36)42(35)45/h1-10,12,14-26,32,38,41,44H,11,13H2. The molecule has 0 radical (unpaired) electrons. The van der Waals surface area contributed by atoms with Gasteiger partial charge in [0.15, 0.2) is 0 Å². The zero-order chi connectivity index (χ0) is 30.2. The van der Waals surface area contributed by atoms with Gasteiger partial charge in [0, 0.05) is 32.5 Å². The van der Waals surface area contributed by atoms with E-state index in [1.54, 1.807) is 0 Å². The summed E-state index contributed by atoms with van der Waals surface area (Å²) in [7, 11) is 0. The fraction of sp³-hybridized carbons (Fsp3) is 0.116. The second kappa shape index (κ2) is 10.3. The molecule has 4 aliphatic rings. The Bertz CT molecular complexity index is 2350. The van der Waals surface area contributed by atoms with E-state index >= 15 is 0 Å². The van der Waals surface area contributed by atoms with Crippen molar-refractivity contribution in [2.24, 2.45) is 5.92 Å². The molecule has 0 bridgehead atoms. The van der Waals surface area contributed by atoms with E-state index in [0.717, 1.165) is 12.8 Å². The van der Waals surface area contributed by atoms with Gasteiger partial charge in [-0.05, 0) is 75.6 Å². The Morgan fingerprint density at radius 3 is 2.30 bits per heavy atom. The summed E-state index contributed by atoms with van der Waals surface area (Å²) in [5.74, 6) is 0.289. The van der Waals surface area contributed by atoms with Crippen molar-refractivity contribution in [1.82, 2.24) is 9.88 Å². The highest BCUT2D eigenvalue weighted by atomic mass is 32.2. The number of benzene rings is 5. The van der Waals surface area contributed by atoms with Crippen LogP contribution in [0.25, 0.3) is 49.6 Å². The molecule has 0 saturated carbocycles. The van der Waals surface area contributed by atoms with Crippen molar-refractivity contribution in [2.75, 3.05) is 0 Å². The summed E-state index contributed by atoms with van der Waals surface area (Å²) in [6.45, 7) is 0. The third-order valence-electron chi connectivity index (χ3n) is 10.3. The quantitative estimate of drug-likeness (QED) is 0.210. The third-order valence-corrected chi connectivity index (χ3v) is 11.5. The maximum Gasteiger partial charge on any atom is 0.105 e. The van der Waals surface area contributed by atoms with Crippen LogP contribution < -0.4 is 5.32 Å². The molecule has 2 nitrogen and oxygen atoms in total. The van der Waals surface area contributed by atoms with Crippen molar-refractivity contribution in [3.63, 3.8) is 0 Å². The van der Waals surface area contributed by atoms with Crippen LogP contribution in [-0.2, 0) is 6.42 Å². The number of hydrogen-bond acceptors (Lipinski definition) is 2. The van der Waals surface area contributed by atoms with E-state index in [4.69, 9.17) is 0 Å². The Labute approximate surface area is 273 Å². The minimum absolute atomic E-state index is 0.0226. The molecule has 0 amide bonds. The van der Waals surface area contributed by atoms with Crippen molar-refractivity contribution < 1.29 is 0 Å². The Hall–Kier alpha value is -4.83. The summed E-state index contributed by atoms with van der Waals surface area (Å²) < 4.78 is 2.60. The normalized spacial score (nSPS) is 21.0. The minimum Gasteiger partial charge on any atom is -0.320 e. The summed E-state index contributed by atoms with van der Waals surface area (Å²) >= 11 is 1.92. The largest absolute Gasteiger partial charge is 0.320 e. The lowest BCUT2D eigenvalue weighted by molar-refractivity contribution is 0.393. The fourth-order valence-corrected chi connectivity index (χ4v) is 9.52. The number of fused-ring (bicyclic) bond motifs is 11. The molecule has 0 spiro atoms. The molecular formula is C43H32N2S. The van der Waals surface area contributed by atoms with E-state index in [0.29, 0.717) is 0 Å². The van der Waals surface area contributed by atoms with Crippen molar-refractivity contribution in [1.29, 1.82) is 0 Å². The van der Waals surface area contributed by atoms with E-state index in [1.165, 1.54) is 76.1 Å². The second-order valence-electron chi connectivity index (χ2n) is 12.7. The molecular weight excluding hydrogens is 577 g/mol. The molecule has 46 heavy (non-hydrogen) atoms. The number of aromatic nitrogens is 1. The average molecular weight is 609 g/mol. The molecule has 220 valence electrons. The summed E-state index contributed by atoms with van der Waals surface area (Å²) in [5.41, 5.74) is 13.4. The van der Waals surface area contributed by atoms with Gasteiger partial charge in [0.25, 0.3) is 0 Å². The Balaban J connectivity index is 1.26. The Kier molecular flexibility index (Phi) is 5.94. The first-order valence-corrected chi connectivity index (χ1v) is 17.2. The van der Waals surface area contributed by atoms with Gasteiger partial charge in [-0.1, -0.05) is 139 Å². The Morgan fingerprint density at radius 1 is 0.652 bits per heavy atom. The molecule has 0 fully saturated rings. The van der Waals surface area contributed by atoms with Gasteiger partial charge in [-0.25, -0.2) is 0 Å². The number of nitrogens with one attached hydrogen (secondary N) is 1. The average Bonchev–Trinajstić information content (AvgIpc) is 3.38. The van der Waals surface area contributed by atoms with Crippen LogP contribution in [0.4, 0.5) is 0 Å². The topological polar surface area (TPSA) is 17.0 Å². The molecule has 3 atom stereocenters. The zero-order valence-corrected chi connectivity index (χ0v) is 26.2. The van der Waals surface area contributed by atoms with Crippen LogP contribution in [0.5, 0.6) is 0 Å². The van der Waals surface area contributed by atoms with Gasteiger partial charge in [0.05, 0.1) is 11.0 Å². The first-order valence-electron chi connectivity index (χ1n) is 16.4. The number of aryl methyl sites for hydroxylation is 1. The smallest absolute Gasteiger partial charge is 0.105 e. The third kappa shape index (κ3) is 3.89. The van der Waals surface area contributed by atoms with Gasteiger partial charge in [0.1, 0.15) is 6.17 Å². The van der Waals surface area contributed by atoms with Crippen molar-refractivity contribution in [2.45, 2.75) is 34.8 Å². The Morgan fingerprint density at radius 2 is 1.39 bits per heavy atom. The molecule has 1 N–H and O–H groups in total. The van der Waals surface area contributed by atoms with Crippen LogP contribution in [-0.4, -0.2) is 10.6 Å². The number of rotatable bonds is 2. The lowest BCUT2D eigenvalue weighted by Gasteiger charge is -2.39. The van der Waals surface area contributed by atoms with Gasteiger partial charge in [0.2, 0.25) is 0 Å². The van der Waals surface area contributed by atoms with E-state index in [2.05, 4.69) is 156 Å². The number of para-hydroxylation sites is 1. The molecule has 1 aromatic heterocycles. The zero-order valence-electron chi connectivity index (χ0n) is 25.4. The molecule has 0 saturated heterocycles. The van der Waals surface area contributed by atoms with Crippen molar-refractivity contribution in [3.8, 4) is 22.3 Å². The van der Waals surface area contributed by atoms with Crippen LogP contribution in [0.1, 0.15) is 23.7 Å². The summed E-state index contributed by atoms with van der Waals surface area (Å²) in [6.07, 6.45) is 16.4. The molecule has 3 heterocycles. The molecule has 5 aromatic carbocycles. The number of allylic oxidation sites excluding steroid dienone is 4. The lowest BCUT2D eigenvalue weighted by atomic mass is 9.76. The summed E-state index contributed by atoms with van der Waals surface area (Å²) in [4.78, 5) is 2.63. The number of nitrogens with zero attached hydrogens (tertiary/aromatic N) is 1. The molecule has 3 heteroatoms. The van der Waals surface area contributed by atoms with Crippen molar-refractivity contribution >= 4 is 39.1 Å². The van der Waals surface area contributed by atoms with Gasteiger partial charge >= 0.3 is 0 Å². The first-order chi connectivity index (χ1) is 22.8. The molecule has 6 aromatic rings.